The number of carbonyl (C=O) groups excluding carboxylic acids is 1. The summed E-state index contributed by atoms with van der Waals surface area (Å²) < 4.78 is 4.65. The number of imidazole rings is 1. The van der Waals surface area contributed by atoms with Crippen LogP contribution in [0.3, 0.4) is 0 Å². The van der Waals surface area contributed by atoms with Crippen LogP contribution in [0.15, 0.2) is 54.7 Å². The van der Waals surface area contributed by atoms with Gasteiger partial charge in [-0.1, -0.05) is 36.4 Å². The van der Waals surface area contributed by atoms with Gasteiger partial charge in [-0.2, -0.15) is 5.26 Å². The second-order valence-corrected chi connectivity index (χ2v) is 5.60. The van der Waals surface area contributed by atoms with Crippen LogP contribution in [0.25, 0.3) is 22.6 Å². The molecule has 0 fully saturated rings. The predicted molar refractivity (Wildman–Crippen MR) is 94.5 cm³/mol. The Balaban J connectivity index is 1.73. The highest BCUT2D eigenvalue weighted by Crippen LogP contribution is 2.23. The van der Waals surface area contributed by atoms with Crippen molar-refractivity contribution < 1.29 is 9.53 Å². The molecule has 1 aromatic heterocycles. The molecular weight excluding hydrogens is 314 g/mol. The molecule has 3 rings (SSSR count). The minimum absolute atomic E-state index is 0.206. The zero-order chi connectivity index (χ0) is 17.6. The third-order valence-corrected chi connectivity index (χ3v) is 3.96. The molecule has 0 aliphatic heterocycles. The number of rotatable bonds is 5. The van der Waals surface area contributed by atoms with Gasteiger partial charge in [-0.25, -0.2) is 4.98 Å². The van der Waals surface area contributed by atoms with Crippen LogP contribution in [-0.2, 0) is 16.0 Å². The lowest BCUT2D eigenvalue weighted by Crippen LogP contribution is -2.01. The Morgan fingerprint density at radius 1 is 1.12 bits per heavy atom. The van der Waals surface area contributed by atoms with Gasteiger partial charge in [-0.3, -0.25) is 4.79 Å². The number of ether oxygens (including phenoxy) is 1. The number of esters is 1. The van der Waals surface area contributed by atoms with Crippen LogP contribution in [0, 0.1) is 11.3 Å². The maximum absolute atomic E-state index is 11.2. The van der Waals surface area contributed by atoms with Gasteiger partial charge in [0.25, 0.3) is 0 Å². The molecule has 0 spiro atoms. The van der Waals surface area contributed by atoms with Crippen LogP contribution in [-0.4, -0.2) is 23.0 Å². The Hall–Kier alpha value is -3.39. The lowest BCUT2D eigenvalue weighted by Gasteiger charge is -2.02. The largest absolute Gasteiger partial charge is 0.469 e. The number of aryl methyl sites for hydroxylation is 1. The number of carbonyl (C=O) groups is 1. The van der Waals surface area contributed by atoms with E-state index < -0.39 is 0 Å². The van der Waals surface area contributed by atoms with Crippen LogP contribution >= 0.6 is 0 Å². The van der Waals surface area contributed by atoms with E-state index in [1.165, 1.54) is 7.11 Å². The fourth-order valence-electron chi connectivity index (χ4n) is 2.51. The number of methoxy groups -OCH3 is 1. The van der Waals surface area contributed by atoms with Crippen molar-refractivity contribution in [3.63, 3.8) is 0 Å². The highest BCUT2D eigenvalue weighted by molar-refractivity contribution is 5.69. The van der Waals surface area contributed by atoms with Gasteiger partial charge < -0.3 is 9.72 Å². The third-order valence-electron chi connectivity index (χ3n) is 3.96. The van der Waals surface area contributed by atoms with Gasteiger partial charge in [0.2, 0.25) is 0 Å². The van der Waals surface area contributed by atoms with Crippen molar-refractivity contribution in [2.24, 2.45) is 0 Å². The maximum atomic E-state index is 11.2. The summed E-state index contributed by atoms with van der Waals surface area (Å²) in [6, 6.07) is 17.4. The molecule has 1 heterocycles. The zero-order valence-corrected chi connectivity index (χ0v) is 13.8. The van der Waals surface area contributed by atoms with Crippen molar-refractivity contribution in [3.8, 4) is 28.7 Å². The SMILES string of the molecule is COC(=O)CCc1ccc(-c2nc(-c3ccc(C#N)cc3)c[nH]2)cc1. The van der Waals surface area contributed by atoms with Gasteiger partial charge in [-0.15, -0.1) is 0 Å². The van der Waals surface area contributed by atoms with Crippen molar-refractivity contribution in [1.29, 1.82) is 5.26 Å². The number of benzene rings is 2. The average Bonchev–Trinajstić information content (AvgIpc) is 3.16. The molecule has 0 atom stereocenters. The molecule has 5 nitrogen and oxygen atoms in total. The Morgan fingerprint density at radius 2 is 1.80 bits per heavy atom. The molecule has 0 saturated carbocycles. The molecule has 5 heteroatoms. The molecule has 124 valence electrons. The molecule has 0 saturated heterocycles. The summed E-state index contributed by atoms with van der Waals surface area (Å²) in [5.74, 6) is 0.570. The van der Waals surface area contributed by atoms with E-state index in [1.807, 2.05) is 42.6 Å². The number of aromatic amines is 1. The predicted octanol–water partition coefficient (Wildman–Crippen LogP) is 3.72. The number of hydrogen-bond acceptors (Lipinski definition) is 4. The summed E-state index contributed by atoms with van der Waals surface area (Å²) in [5.41, 5.74) is 4.46. The van der Waals surface area contributed by atoms with E-state index >= 15 is 0 Å². The van der Waals surface area contributed by atoms with Crippen molar-refractivity contribution in [1.82, 2.24) is 9.97 Å². The first-order chi connectivity index (χ1) is 12.2. The number of nitrogens with zero attached hydrogens (tertiary/aromatic N) is 2. The number of aromatic nitrogens is 2. The van der Waals surface area contributed by atoms with E-state index in [0.29, 0.717) is 18.4 Å². The van der Waals surface area contributed by atoms with Gasteiger partial charge in [0.15, 0.2) is 0 Å². The second kappa shape index (κ2) is 7.45. The molecule has 0 unspecified atom stereocenters. The summed E-state index contributed by atoms with van der Waals surface area (Å²) >= 11 is 0. The maximum Gasteiger partial charge on any atom is 0.305 e. The van der Waals surface area contributed by atoms with Crippen molar-refractivity contribution in [2.45, 2.75) is 12.8 Å². The highest BCUT2D eigenvalue weighted by Gasteiger charge is 2.07. The summed E-state index contributed by atoms with van der Waals surface area (Å²) in [6.07, 6.45) is 2.88. The smallest absolute Gasteiger partial charge is 0.305 e. The molecule has 1 N–H and O–H groups in total. The Morgan fingerprint density at radius 3 is 2.44 bits per heavy atom. The molecule has 0 aliphatic carbocycles. The Labute approximate surface area is 145 Å². The highest BCUT2D eigenvalue weighted by atomic mass is 16.5. The Kier molecular flexibility index (Phi) is 4.91. The normalized spacial score (nSPS) is 10.2. The first kappa shape index (κ1) is 16.5. The van der Waals surface area contributed by atoms with E-state index in [-0.39, 0.29) is 5.97 Å². The van der Waals surface area contributed by atoms with Crippen molar-refractivity contribution in [2.75, 3.05) is 7.11 Å². The monoisotopic (exact) mass is 331 g/mol. The summed E-state index contributed by atoms with van der Waals surface area (Å²) in [7, 11) is 1.40. The first-order valence-electron chi connectivity index (χ1n) is 7.91. The van der Waals surface area contributed by atoms with Crippen LogP contribution in [0.4, 0.5) is 0 Å². The molecule has 0 amide bonds. The molecular formula is C20H17N3O2. The van der Waals surface area contributed by atoms with Crippen molar-refractivity contribution in [3.05, 3.63) is 65.9 Å². The molecule has 0 aliphatic rings. The lowest BCUT2D eigenvalue weighted by atomic mass is 10.1. The number of nitrogens with one attached hydrogen (secondary N) is 1. The summed E-state index contributed by atoms with van der Waals surface area (Å²) in [5, 5.41) is 8.86. The average molecular weight is 331 g/mol. The van der Waals surface area contributed by atoms with Gasteiger partial charge in [0, 0.05) is 23.7 Å². The van der Waals surface area contributed by atoms with E-state index in [4.69, 9.17) is 5.26 Å². The second-order valence-electron chi connectivity index (χ2n) is 5.60. The van der Waals surface area contributed by atoms with E-state index in [1.54, 1.807) is 12.1 Å². The van der Waals surface area contributed by atoms with Crippen molar-refractivity contribution >= 4 is 5.97 Å². The number of hydrogen-bond donors (Lipinski definition) is 1. The summed E-state index contributed by atoms with van der Waals surface area (Å²) in [6.45, 7) is 0. The topological polar surface area (TPSA) is 78.8 Å². The zero-order valence-electron chi connectivity index (χ0n) is 13.8. The van der Waals surface area contributed by atoms with Gasteiger partial charge in [-0.05, 0) is 24.1 Å². The minimum atomic E-state index is -0.206. The first-order valence-corrected chi connectivity index (χ1v) is 7.91. The molecule has 25 heavy (non-hydrogen) atoms. The minimum Gasteiger partial charge on any atom is -0.469 e. The fraction of sp³-hybridized carbons (Fsp3) is 0.150. The summed E-state index contributed by atoms with van der Waals surface area (Å²) in [4.78, 5) is 19.0. The van der Waals surface area contributed by atoms with Gasteiger partial charge in [0.05, 0.1) is 24.4 Å². The number of nitriles is 1. The van der Waals surface area contributed by atoms with Crippen LogP contribution in [0.5, 0.6) is 0 Å². The Bertz CT molecular complexity index is 903. The van der Waals surface area contributed by atoms with Gasteiger partial charge in [0.1, 0.15) is 5.82 Å². The van der Waals surface area contributed by atoms with E-state index in [0.717, 1.165) is 28.2 Å². The quantitative estimate of drug-likeness (QED) is 0.723. The van der Waals surface area contributed by atoms with Crippen LogP contribution in [0.1, 0.15) is 17.5 Å². The molecule has 0 radical (unpaired) electrons. The fourth-order valence-corrected chi connectivity index (χ4v) is 2.51. The standard InChI is InChI=1S/C20H17N3O2/c1-25-19(24)11-6-14-2-9-17(10-3-14)20-22-13-18(23-20)16-7-4-15(12-21)5-8-16/h2-5,7-10,13H,6,11H2,1H3,(H,22,23). The molecule has 2 aromatic carbocycles. The van der Waals surface area contributed by atoms with Crippen LogP contribution < -0.4 is 0 Å². The van der Waals surface area contributed by atoms with E-state index in [9.17, 15) is 4.79 Å². The molecule has 0 bridgehead atoms. The molecule has 3 aromatic rings. The lowest BCUT2D eigenvalue weighted by molar-refractivity contribution is -0.140. The van der Waals surface area contributed by atoms with Gasteiger partial charge >= 0.3 is 5.97 Å². The number of H-pyrrole nitrogens is 1. The van der Waals surface area contributed by atoms with E-state index in [2.05, 4.69) is 20.8 Å². The third kappa shape index (κ3) is 3.93. The van der Waals surface area contributed by atoms with Crippen LogP contribution in [0.2, 0.25) is 0 Å².